The Morgan fingerprint density at radius 2 is 2.25 bits per heavy atom. The average Bonchev–Trinajstić information content (AvgIpc) is 2.88. The van der Waals surface area contributed by atoms with Gasteiger partial charge in [0.15, 0.2) is 0 Å². The number of amides is 1. The van der Waals surface area contributed by atoms with Gasteiger partial charge in [-0.3, -0.25) is 4.79 Å². The van der Waals surface area contributed by atoms with Crippen LogP contribution in [0.1, 0.15) is 36.2 Å². The molecular formula is C16H24N2O2. The molecule has 1 atom stereocenters. The lowest BCUT2D eigenvalue weighted by Gasteiger charge is -2.20. The Balaban J connectivity index is 1.85. The number of likely N-dealkylation sites (tertiary alicyclic amines) is 1. The van der Waals surface area contributed by atoms with Crippen molar-refractivity contribution in [3.05, 3.63) is 29.3 Å². The highest BCUT2D eigenvalue weighted by Gasteiger charge is 2.24. The molecule has 1 aromatic carbocycles. The molecule has 1 aromatic rings. The van der Waals surface area contributed by atoms with Gasteiger partial charge in [-0.2, -0.15) is 0 Å². The van der Waals surface area contributed by atoms with Gasteiger partial charge in [-0.1, -0.05) is 0 Å². The molecule has 0 spiro atoms. The van der Waals surface area contributed by atoms with Crippen LogP contribution in [0.15, 0.2) is 18.2 Å². The summed E-state index contributed by atoms with van der Waals surface area (Å²) in [5, 5.41) is 12.5. The van der Waals surface area contributed by atoms with E-state index in [1.807, 2.05) is 0 Å². The highest BCUT2D eigenvalue weighted by molar-refractivity contribution is 5.94. The van der Waals surface area contributed by atoms with Crippen LogP contribution in [0.3, 0.4) is 0 Å². The van der Waals surface area contributed by atoms with E-state index in [0.29, 0.717) is 17.5 Å². The molecule has 0 radical (unpaired) electrons. The molecule has 1 aliphatic heterocycles. The van der Waals surface area contributed by atoms with E-state index in [9.17, 15) is 9.90 Å². The molecule has 2 N–H and O–H groups in total. The van der Waals surface area contributed by atoms with Crippen LogP contribution in [0.25, 0.3) is 0 Å². The van der Waals surface area contributed by atoms with E-state index >= 15 is 0 Å². The van der Waals surface area contributed by atoms with E-state index in [0.717, 1.165) is 31.6 Å². The van der Waals surface area contributed by atoms with E-state index in [1.54, 1.807) is 25.1 Å². The summed E-state index contributed by atoms with van der Waals surface area (Å²) in [6.07, 6.45) is 1.15. The molecule has 4 heteroatoms. The SMILES string of the molecule is Cc1cc(C(=O)NCC2CCN(C(C)C)C2)ccc1O. The van der Waals surface area contributed by atoms with Gasteiger partial charge in [-0.05, 0) is 63.4 Å². The maximum atomic E-state index is 12.1. The summed E-state index contributed by atoms with van der Waals surface area (Å²) >= 11 is 0. The summed E-state index contributed by atoms with van der Waals surface area (Å²) in [6, 6.07) is 5.53. The summed E-state index contributed by atoms with van der Waals surface area (Å²) in [5.41, 5.74) is 1.34. The third-order valence-electron chi connectivity index (χ3n) is 4.06. The fourth-order valence-corrected chi connectivity index (χ4v) is 2.63. The lowest BCUT2D eigenvalue weighted by molar-refractivity contribution is 0.0947. The molecular weight excluding hydrogens is 252 g/mol. The number of rotatable bonds is 4. The predicted octanol–water partition coefficient (Wildman–Crippen LogP) is 2.16. The van der Waals surface area contributed by atoms with Gasteiger partial charge in [-0.15, -0.1) is 0 Å². The summed E-state index contributed by atoms with van der Waals surface area (Å²) in [6.45, 7) is 9.12. The lowest BCUT2D eigenvalue weighted by Crippen LogP contribution is -2.33. The van der Waals surface area contributed by atoms with Gasteiger partial charge in [0.05, 0.1) is 0 Å². The van der Waals surface area contributed by atoms with Gasteiger partial charge >= 0.3 is 0 Å². The molecule has 1 fully saturated rings. The van der Waals surface area contributed by atoms with Gasteiger partial charge in [-0.25, -0.2) is 0 Å². The number of benzene rings is 1. The van der Waals surface area contributed by atoms with Crippen molar-refractivity contribution in [3.8, 4) is 5.75 Å². The maximum absolute atomic E-state index is 12.1. The standard InChI is InChI=1S/C16H24N2O2/c1-11(2)18-7-6-13(10-18)9-17-16(20)14-4-5-15(19)12(3)8-14/h4-5,8,11,13,19H,6-7,9-10H2,1-3H3,(H,17,20). The number of phenolic OH excluding ortho intramolecular Hbond substituents is 1. The molecule has 20 heavy (non-hydrogen) atoms. The number of phenols is 1. The van der Waals surface area contributed by atoms with Crippen molar-refractivity contribution < 1.29 is 9.90 Å². The van der Waals surface area contributed by atoms with Gasteiger partial charge in [0.25, 0.3) is 5.91 Å². The fourth-order valence-electron chi connectivity index (χ4n) is 2.63. The van der Waals surface area contributed by atoms with Gasteiger partial charge in [0.2, 0.25) is 0 Å². The second-order valence-corrected chi connectivity index (χ2v) is 5.95. The van der Waals surface area contributed by atoms with E-state index in [4.69, 9.17) is 0 Å². The van der Waals surface area contributed by atoms with Crippen molar-refractivity contribution in [1.29, 1.82) is 0 Å². The van der Waals surface area contributed by atoms with Crippen LogP contribution in [0.4, 0.5) is 0 Å². The van der Waals surface area contributed by atoms with Crippen LogP contribution in [0.5, 0.6) is 5.75 Å². The van der Waals surface area contributed by atoms with Crippen molar-refractivity contribution in [3.63, 3.8) is 0 Å². The van der Waals surface area contributed by atoms with E-state index in [2.05, 4.69) is 24.1 Å². The Kier molecular flexibility index (Phi) is 4.65. The molecule has 2 rings (SSSR count). The van der Waals surface area contributed by atoms with Crippen molar-refractivity contribution in [1.82, 2.24) is 10.2 Å². The molecule has 1 aliphatic rings. The molecule has 0 saturated carbocycles. The Labute approximate surface area is 120 Å². The van der Waals surface area contributed by atoms with E-state index in [1.165, 1.54) is 0 Å². The summed E-state index contributed by atoms with van der Waals surface area (Å²) < 4.78 is 0. The molecule has 0 bridgehead atoms. The summed E-state index contributed by atoms with van der Waals surface area (Å²) in [5.74, 6) is 0.709. The first kappa shape index (κ1) is 14.9. The quantitative estimate of drug-likeness (QED) is 0.886. The molecule has 0 aromatic heterocycles. The normalized spacial score (nSPS) is 19.5. The van der Waals surface area contributed by atoms with Gasteiger partial charge in [0, 0.05) is 24.7 Å². The molecule has 1 unspecified atom stereocenters. The van der Waals surface area contributed by atoms with Gasteiger partial charge < -0.3 is 15.3 Å². The summed E-state index contributed by atoms with van der Waals surface area (Å²) in [7, 11) is 0. The average molecular weight is 276 g/mol. The first-order chi connectivity index (χ1) is 9.47. The number of hydrogen-bond donors (Lipinski definition) is 2. The molecule has 110 valence electrons. The van der Waals surface area contributed by atoms with Crippen LogP contribution in [0.2, 0.25) is 0 Å². The molecule has 1 saturated heterocycles. The van der Waals surface area contributed by atoms with Crippen molar-refractivity contribution >= 4 is 5.91 Å². The largest absolute Gasteiger partial charge is 0.508 e. The van der Waals surface area contributed by atoms with Crippen molar-refractivity contribution in [2.45, 2.75) is 33.2 Å². The number of carbonyl (C=O) groups excluding carboxylic acids is 1. The zero-order chi connectivity index (χ0) is 14.7. The Hall–Kier alpha value is -1.55. The Morgan fingerprint density at radius 3 is 2.85 bits per heavy atom. The highest BCUT2D eigenvalue weighted by atomic mass is 16.3. The molecule has 0 aliphatic carbocycles. The van der Waals surface area contributed by atoms with E-state index in [-0.39, 0.29) is 11.7 Å². The summed E-state index contributed by atoms with van der Waals surface area (Å²) in [4.78, 5) is 14.5. The zero-order valence-corrected chi connectivity index (χ0v) is 12.5. The third kappa shape index (κ3) is 3.51. The van der Waals surface area contributed by atoms with Crippen LogP contribution in [-0.4, -0.2) is 41.6 Å². The zero-order valence-electron chi connectivity index (χ0n) is 12.5. The minimum Gasteiger partial charge on any atom is -0.508 e. The molecule has 4 nitrogen and oxygen atoms in total. The van der Waals surface area contributed by atoms with Crippen LogP contribution >= 0.6 is 0 Å². The van der Waals surface area contributed by atoms with Crippen LogP contribution < -0.4 is 5.32 Å². The number of aromatic hydroxyl groups is 1. The number of nitrogens with zero attached hydrogens (tertiary/aromatic N) is 1. The number of hydrogen-bond acceptors (Lipinski definition) is 3. The Morgan fingerprint density at radius 1 is 1.50 bits per heavy atom. The van der Waals surface area contributed by atoms with Gasteiger partial charge in [0.1, 0.15) is 5.75 Å². The van der Waals surface area contributed by atoms with Crippen LogP contribution in [-0.2, 0) is 0 Å². The number of aryl methyl sites for hydroxylation is 1. The van der Waals surface area contributed by atoms with E-state index < -0.39 is 0 Å². The fraction of sp³-hybridized carbons (Fsp3) is 0.562. The third-order valence-corrected chi connectivity index (χ3v) is 4.06. The van der Waals surface area contributed by atoms with Crippen molar-refractivity contribution in [2.75, 3.05) is 19.6 Å². The monoisotopic (exact) mass is 276 g/mol. The minimum absolute atomic E-state index is 0.0592. The highest BCUT2D eigenvalue weighted by Crippen LogP contribution is 2.19. The second kappa shape index (κ2) is 6.27. The predicted molar refractivity (Wildman–Crippen MR) is 80.0 cm³/mol. The first-order valence-electron chi connectivity index (χ1n) is 7.29. The smallest absolute Gasteiger partial charge is 0.251 e. The first-order valence-corrected chi connectivity index (χ1v) is 7.29. The number of carbonyl (C=O) groups is 1. The minimum atomic E-state index is -0.0592. The molecule has 1 heterocycles. The number of nitrogens with one attached hydrogen (secondary N) is 1. The molecule has 1 amide bonds. The lowest BCUT2D eigenvalue weighted by atomic mass is 10.1. The second-order valence-electron chi connectivity index (χ2n) is 5.95. The maximum Gasteiger partial charge on any atom is 0.251 e. The topological polar surface area (TPSA) is 52.6 Å². The van der Waals surface area contributed by atoms with Crippen molar-refractivity contribution in [2.24, 2.45) is 5.92 Å². The Bertz CT molecular complexity index is 485. The van der Waals surface area contributed by atoms with Crippen LogP contribution in [0, 0.1) is 12.8 Å².